The molecule has 1 aliphatic rings. The van der Waals surface area contributed by atoms with Crippen LogP contribution in [0.5, 0.6) is 0 Å². The van der Waals surface area contributed by atoms with Crippen molar-refractivity contribution in [2.45, 2.75) is 110 Å². The van der Waals surface area contributed by atoms with Crippen molar-refractivity contribution >= 4 is 0 Å². The maximum atomic E-state index is 6.15. The SMILES string of the molecule is CCCCCCCCCCC1(CN)CCC(CCC)CC1. The van der Waals surface area contributed by atoms with Gasteiger partial charge in [-0.3, -0.25) is 0 Å². The van der Waals surface area contributed by atoms with Crippen molar-refractivity contribution in [3.63, 3.8) is 0 Å². The van der Waals surface area contributed by atoms with Crippen LogP contribution in [-0.4, -0.2) is 6.54 Å². The quantitative estimate of drug-likeness (QED) is 0.411. The van der Waals surface area contributed by atoms with Gasteiger partial charge in [-0.25, -0.2) is 0 Å². The molecule has 1 rings (SSSR count). The third-order valence-electron chi connectivity index (χ3n) is 5.86. The van der Waals surface area contributed by atoms with Crippen molar-refractivity contribution in [2.75, 3.05) is 6.54 Å². The van der Waals surface area contributed by atoms with E-state index < -0.39 is 0 Å². The average molecular weight is 296 g/mol. The van der Waals surface area contributed by atoms with Gasteiger partial charge < -0.3 is 5.73 Å². The maximum Gasteiger partial charge on any atom is -0.00205 e. The summed E-state index contributed by atoms with van der Waals surface area (Å²) in [6.45, 7) is 5.55. The van der Waals surface area contributed by atoms with Crippen LogP contribution >= 0.6 is 0 Å². The summed E-state index contributed by atoms with van der Waals surface area (Å²) in [5.74, 6) is 1.01. The fourth-order valence-corrected chi connectivity index (χ4v) is 4.18. The molecule has 0 amide bonds. The number of rotatable bonds is 12. The standard InChI is InChI=1S/C20H41N/c1-3-5-6-7-8-9-10-11-15-20(18-21)16-13-19(12-4-2)14-17-20/h19H,3-18,21H2,1-2H3. The lowest BCUT2D eigenvalue weighted by molar-refractivity contribution is 0.135. The minimum atomic E-state index is 0.520. The lowest BCUT2D eigenvalue weighted by Crippen LogP contribution is -2.34. The fourth-order valence-electron chi connectivity index (χ4n) is 4.18. The summed E-state index contributed by atoms with van der Waals surface area (Å²) in [4.78, 5) is 0. The van der Waals surface area contributed by atoms with Gasteiger partial charge in [-0.15, -0.1) is 0 Å². The molecule has 0 atom stereocenters. The van der Waals surface area contributed by atoms with Crippen LogP contribution in [0.3, 0.4) is 0 Å². The highest BCUT2D eigenvalue weighted by Crippen LogP contribution is 2.43. The first kappa shape index (κ1) is 19.0. The highest BCUT2D eigenvalue weighted by molar-refractivity contribution is 4.86. The topological polar surface area (TPSA) is 26.0 Å². The van der Waals surface area contributed by atoms with Crippen molar-refractivity contribution in [1.82, 2.24) is 0 Å². The molecule has 1 heteroatoms. The zero-order valence-corrected chi connectivity index (χ0v) is 15.0. The second-order valence-corrected chi connectivity index (χ2v) is 7.66. The molecule has 0 aliphatic heterocycles. The van der Waals surface area contributed by atoms with Gasteiger partial charge in [0, 0.05) is 0 Å². The van der Waals surface area contributed by atoms with Crippen LogP contribution in [0.4, 0.5) is 0 Å². The zero-order chi connectivity index (χ0) is 15.4. The lowest BCUT2D eigenvalue weighted by atomic mass is 9.67. The summed E-state index contributed by atoms with van der Waals surface area (Å²) >= 11 is 0. The number of unbranched alkanes of at least 4 members (excludes halogenated alkanes) is 7. The van der Waals surface area contributed by atoms with Crippen molar-refractivity contribution in [3.8, 4) is 0 Å². The van der Waals surface area contributed by atoms with Crippen molar-refractivity contribution in [2.24, 2.45) is 17.1 Å². The van der Waals surface area contributed by atoms with Gasteiger partial charge in [-0.2, -0.15) is 0 Å². The highest BCUT2D eigenvalue weighted by Gasteiger charge is 2.33. The van der Waals surface area contributed by atoms with E-state index in [0.29, 0.717) is 5.41 Å². The average Bonchev–Trinajstić information content (AvgIpc) is 2.52. The largest absolute Gasteiger partial charge is 0.330 e. The molecule has 0 unspecified atom stereocenters. The van der Waals surface area contributed by atoms with E-state index in [1.807, 2.05) is 0 Å². The van der Waals surface area contributed by atoms with Gasteiger partial charge >= 0.3 is 0 Å². The minimum absolute atomic E-state index is 0.520. The van der Waals surface area contributed by atoms with E-state index >= 15 is 0 Å². The molecule has 0 aromatic carbocycles. The van der Waals surface area contributed by atoms with Gasteiger partial charge in [-0.1, -0.05) is 78.1 Å². The number of hydrogen-bond acceptors (Lipinski definition) is 1. The minimum Gasteiger partial charge on any atom is -0.330 e. The Bertz CT molecular complexity index is 228. The predicted octanol–water partition coefficient (Wildman–Crippen LogP) is 6.45. The highest BCUT2D eigenvalue weighted by atomic mass is 14.6. The Labute approximate surface area is 134 Å². The molecule has 1 saturated carbocycles. The second-order valence-electron chi connectivity index (χ2n) is 7.66. The van der Waals surface area contributed by atoms with Crippen molar-refractivity contribution < 1.29 is 0 Å². The molecule has 0 heterocycles. The van der Waals surface area contributed by atoms with Gasteiger partial charge in [0.05, 0.1) is 0 Å². The molecule has 21 heavy (non-hydrogen) atoms. The summed E-state index contributed by atoms with van der Waals surface area (Å²) < 4.78 is 0. The summed E-state index contributed by atoms with van der Waals surface area (Å²) in [6.07, 6.45) is 21.4. The molecule has 0 spiro atoms. The smallest absolute Gasteiger partial charge is 0.00205 e. The lowest BCUT2D eigenvalue weighted by Gasteiger charge is -2.39. The molecule has 0 bridgehead atoms. The van der Waals surface area contributed by atoms with E-state index in [9.17, 15) is 0 Å². The molecule has 0 radical (unpaired) electrons. The Kier molecular flexibility index (Phi) is 10.4. The monoisotopic (exact) mass is 295 g/mol. The van der Waals surface area contributed by atoms with Gasteiger partial charge in [-0.05, 0) is 50.0 Å². The molecular weight excluding hydrogens is 254 g/mol. The maximum absolute atomic E-state index is 6.15. The van der Waals surface area contributed by atoms with Crippen LogP contribution in [0.25, 0.3) is 0 Å². The van der Waals surface area contributed by atoms with Gasteiger partial charge in [0.1, 0.15) is 0 Å². The van der Waals surface area contributed by atoms with Crippen LogP contribution < -0.4 is 5.73 Å². The summed E-state index contributed by atoms with van der Waals surface area (Å²) in [5.41, 5.74) is 6.67. The normalized spacial score (nSPS) is 26.1. The Morgan fingerprint density at radius 3 is 1.90 bits per heavy atom. The summed E-state index contributed by atoms with van der Waals surface area (Å²) in [5, 5.41) is 0. The molecule has 0 saturated heterocycles. The van der Waals surface area contributed by atoms with Gasteiger partial charge in [0.25, 0.3) is 0 Å². The first-order chi connectivity index (χ1) is 10.3. The van der Waals surface area contributed by atoms with E-state index in [1.165, 1.54) is 96.3 Å². The molecule has 126 valence electrons. The van der Waals surface area contributed by atoms with Crippen molar-refractivity contribution in [1.29, 1.82) is 0 Å². The molecule has 2 N–H and O–H groups in total. The number of nitrogens with two attached hydrogens (primary N) is 1. The molecule has 0 aromatic heterocycles. The zero-order valence-electron chi connectivity index (χ0n) is 15.0. The summed E-state index contributed by atoms with van der Waals surface area (Å²) in [6, 6.07) is 0. The van der Waals surface area contributed by atoms with Crippen LogP contribution in [0, 0.1) is 11.3 Å². The van der Waals surface area contributed by atoms with E-state index in [-0.39, 0.29) is 0 Å². The molecule has 1 nitrogen and oxygen atoms in total. The Hall–Kier alpha value is -0.0400. The second kappa shape index (κ2) is 11.5. The molecular formula is C20H41N. The van der Waals surface area contributed by atoms with Gasteiger partial charge in [0.15, 0.2) is 0 Å². The van der Waals surface area contributed by atoms with Crippen LogP contribution in [0.2, 0.25) is 0 Å². The Balaban J connectivity index is 2.08. The molecule has 1 fully saturated rings. The van der Waals surface area contributed by atoms with Crippen molar-refractivity contribution in [3.05, 3.63) is 0 Å². The van der Waals surface area contributed by atoms with Gasteiger partial charge in [0.2, 0.25) is 0 Å². The van der Waals surface area contributed by atoms with Crippen LogP contribution in [-0.2, 0) is 0 Å². The molecule has 0 aromatic rings. The van der Waals surface area contributed by atoms with Crippen LogP contribution in [0.1, 0.15) is 110 Å². The van der Waals surface area contributed by atoms with Crippen LogP contribution in [0.15, 0.2) is 0 Å². The summed E-state index contributed by atoms with van der Waals surface area (Å²) in [7, 11) is 0. The first-order valence-corrected chi connectivity index (χ1v) is 9.96. The Morgan fingerprint density at radius 1 is 0.810 bits per heavy atom. The molecule has 1 aliphatic carbocycles. The first-order valence-electron chi connectivity index (χ1n) is 9.96. The van der Waals surface area contributed by atoms with E-state index in [0.717, 1.165) is 12.5 Å². The predicted molar refractivity (Wildman–Crippen MR) is 95.6 cm³/mol. The third kappa shape index (κ3) is 7.68. The van der Waals surface area contributed by atoms with E-state index in [4.69, 9.17) is 5.73 Å². The third-order valence-corrected chi connectivity index (χ3v) is 5.86. The Morgan fingerprint density at radius 2 is 1.38 bits per heavy atom. The fraction of sp³-hybridized carbons (Fsp3) is 1.00. The number of hydrogen-bond donors (Lipinski definition) is 1. The van der Waals surface area contributed by atoms with E-state index in [1.54, 1.807) is 0 Å². The van der Waals surface area contributed by atoms with E-state index in [2.05, 4.69) is 13.8 Å².